The van der Waals surface area contributed by atoms with Crippen molar-refractivity contribution in [2.75, 3.05) is 33.7 Å². The topological polar surface area (TPSA) is 98.7 Å². The second kappa shape index (κ2) is 10.4. The molecule has 0 unspecified atom stereocenters. The summed E-state index contributed by atoms with van der Waals surface area (Å²) in [5, 5.41) is 8.66. The van der Waals surface area contributed by atoms with Crippen molar-refractivity contribution in [1.29, 1.82) is 0 Å². The highest BCUT2D eigenvalue weighted by atomic mass is 16.2. The summed E-state index contributed by atoms with van der Waals surface area (Å²) in [4.78, 5) is 33.9. The Morgan fingerprint density at radius 2 is 1.88 bits per heavy atom. The summed E-state index contributed by atoms with van der Waals surface area (Å²) >= 11 is 0. The molecule has 0 saturated heterocycles. The number of hydrogen-bond acceptors (Lipinski definition) is 4. The summed E-state index contributed by atoms with van der Waals surface area (Å²) in [6.07, 6.45) is 2.44. The summed E-state index contributed by atoms with van der Waals surface area (Å²) in [7, 11) is 3.34. The van der Waals surface area contributed by atoms with Crippen LogP contribution in [0.15, 0.2) is 29.4 Å². The normalized spacial score (nSPS) is 11.7. The van der Waals surface area contributed by atoms with Crippen molar-refractivity contribution in [3.8, 4) is 0 Å². The van der Waals surface area contributed by atoms with Gasteiger partial charge in [0.1, 0.15) is 0 Å². The van der Waals surface area contributed by atoms with Crippen LogP contribution in [0.3, 0.4) is 0 Å². The molecule has 0 saturated carbocycles. The zero-order valence-electron chi connectivity index (χ0n) is 16.3. The number of carbonyl (C=O) groups excluding carboxylic acids is 2. The lowest BCUT2D eigenvalue weighted by molar-refractivity contribution is -0.128. The quantitative estimate of drug-likeness (QED) is 0.474. The molecule has 144 valence electrons. The van der Waals surface area contributed by atoms with Gasteiger partial charge in [0, 0.05) is 44.5 Å². The zero-order valence-corrected chi connectivity index (χ0v) is 16.3. The van der Waals surface area contributed by atoms with Gasteiger partial charge in [0.25, 0.3) is 0 Å². The fourth-order valence-electron chi connectivity index (χ4n) is 2.09. The maximum Gasteiger partial charge on any atom is 0.241 e. The molecule has 0 bridgehead atoms. The molecule has 0 fully saturated rings. The summed E-state index contributed by atoms with van der Waals surface area (Å²) in [5.41, 5.74) is 0.657. The molecule has 1 heterocycles. The van der Waals surface area contributed by atoms with Crippen LogP contribution in [0.5, 0.6) is 0 Å². The van der Waals surface area contributed by atoms with Gasteiger partial charge >= 0.3 is 0 Å². The second-order valence-electron chi connectivity index (χ2n) is 6.96. The number of nitrogens with one attached hydrogen (secondary N) is 3. The van der Waals surface area contributed by atoms with Gasteiger partial charge in [-0.05, 0) is 32.9 Å². The van der Waals surface area contributed by atoms with Gasteiger partial charge in [-0.25, -0.2) is 0 Å². The average molecular weight is 362 g/mol. The Bertz CT molecular complexity index is 610. The molecule has 0 aliphatic heterocycles. The van der Waals surface area contributed by atoms with Gasteiger partial charge in [0.2, 0.25) is 11.8 Å². The Morgan fingerprint density at radius 3 is 2.46 bits per heavy atom. The number of rotatable bonds is 7. The van der Waals surface area contributed by atoms with E-state index in [1.807, 2.05) is 39.0 Å². The van der Waals surface area contributed by atoms with Crippen LogP contribution in [-0.2, 0) is 16.0 Å². The van der Waals surface area contributed by atoms with Crippen LogP contribution >= 0.6 is 0 Å². The van der Waals surface area contributed by atoms with Crippen LogP contribution in [0.25, 0.3) is 0 Å². The first kappa shape index (κ1) is 21.4. The first-order valence-electron chi connectivity index (χ1n) is 8.60. The number of hydrogen-bond donors (Lipinski definition) is 3. The Balaban J connectivity index is 2.33. The van der Waals surface area contributed by atoms with E-state index in [9.17, 15) is 9.59 Å². The van der Waals surface area contributed by atoms with E-state index in [1.54, 1.807) is 25.2 Å². The number of carbonyl (C=O) groups is 2. The molecule has 1 aromatic heterocycles. The smallest absolute Gasteiger partial charge is 0.241 e. The molecule has 26 heavy (non-hydrogen) atoms. The van der Waals surface area contributed by atoms with Crippen molar-refractivity contribution < 1.29 is 9.59 Å². The molecule has 0 atom stereocenters. The van der Waals surface area contributed by atoms with E-state index < -0.39 is 0 Å². The third-order valence-electron chi connectivity index (χ3n) is 3.42. The average Bonchev–Trinajstić information content (AvgIpc) is 2.58. The van der Waals surface area contributed by atoms with E-state index >= 15 is 0 Å². The van der Waals surface area contributed by atoms with Gasteiger partial charge in [-0.15, -0.1) is 0 Å². The predicted octanol–water partition coefficient (Wildman–Crippen LogP) is 0.162. The molecular weight excluding hydrogens is 332 g/mol. The van der Waals surface area contributed by atoms with Gasteiger partial charge in [-0.2, -0.15) is 0 Å². The lowest BCUT2D eigenvalue weighted by atomic mass is 10.1. The highest BCUT2D eigenvalue weighted by Crippen LogP contribution is 1.97. The molecule has 0 aromatic carbocycles. The van der Waals surface area contributed by atoms with Crippen LogP contribution < -0.4 is 16.0 Å². The number of amides is 2. The third kappa shape index (κ3) is 9.00. The lowest BCUT2D eigenvalue weighted by Gasteiger charge is -2.21. The number of aliphatic imine (C=N–C) groups is 1. The molecule has 0 aliphatic rings. The van der Waals surface area contributed by atoms with Gasteiger partial charge in [0.15, 0.2) is 5.96 Å². The molecule has 8 nitrogen and oxygen atoms in total. The minimum absolute atomic E-state index is 0.0666. The van der Waals surface area contributed by atoms with E-state index in [2.05, 4.69) is 25.9 Å². The maximum absolute atomic E-state index is 12.2. The monoisotopic (exact) mass is 362 g/mol. The number of pyridine rings is 1. The molecule has 1 rings (SSSR count). The van der Waals surface area contributed by atoms with E-state index in [4.69, 9.17) is 0 Å². The van der Waals surface area contributed by atoms with Crippen LogP contribution in [0.1, 0.15) is 26.5 Å². The van der Waals surface area contributed by atoms with Crippen molar-refractivity contribution in [3.63, 3.8) is 0 Å². The first-order chi connectivity index (χ1) is 12.2. The van der Waals surface area contributed by atoms with Gasteiger partial charge in [-0.1, -0.05) is 6.07 Å². The van der Waals surface area contributed by atoms with Gasteiger partial charge in [0.05, 0.1) is 13.1 Å². The second-order valence-corrected chi connectivity index (χ2v) is 6.96. The zero-order chi connectivity index (χ0) is 19.6. The molecule has 2 amide bonds. The standard InChI is InChI=1S/C18H30N6O2/c1-18(2,3)23-15(25)12-21-17(19-4)22-13-16(26)24(5)11-9-14-8-6-7-10-20-14/h6-8,10H,9,11-13H2,1-5H3,(H,23,25)(H2,19,21,22). The van der Waals surface area contributed by atoms with Crippen molar-refractivity contribution in [1.82, 2.24) is 25.8 Å². The van der Waals surface area contributed by atoms with Crippen molar-refractivity contribution in [2.24, 2.45) is 4.99 Å². The van der Waals surface area contributed by atoms with Crippen molar-refractivity contribution in [3.05, 3.63) is 30.1 Å². The lowest BCUT2D eigenvalue weighted by Crippen LogP contribution is -2.49. The van der Waals surface area contributed by atoms with Crippen LogP contribution in [0.2, 0.25) is 0 Å². The summed E-state index contributed by atoms with van der Waals surface area (Å²) in [5.74, 6) is 0.197. The number of guanidine groups is 1. The Labute approximate surface area is 155 Å². The maximum atomic E-state index is 12.2. The van der Waals surface area contributed by atoms with Crippen LogP contribution in [0.4, 0.5) is 0 Å². The Morgan fingerprint density at radius 1 is 1.19 bits per heavy atom. The minimum Gasteiger partial charge on any atom is -0.350 e. The van der Waals surface area contributed by atoms with E-state index in [1.165, 1.54) is 0 Å². The largest absolute Gasteiger partial charge is 0.350 e. The van der Waals surface area contributed by atoms with E-state index in [-0.39, 0.29) is 30.4 Å². The predicted molar refractivity (Wildman–Crippen MR) is 103 cm³/mol. The summed E-state index contributed by atoms with van der Waals surface area (Å²) in [6, 6.07) is 5.73. The van der Waals surface area contributed by atoms with E-state index in [0.29, 0.717) is 18.9 Å². The van der Waals surface area contributed by atoms with E-state index in [0.717, 1.165) is 5.69 Å². The molecule has 0 spiro atoms. The molecule has 8 heteroatoms. The molecule has 3 N–H and O–H groups in total. The molecule has 1 aromatic rings. The van der Waals surface area contributed by atoms with Gasteiger partial charge < -0.3 is 20.9 Å². The molecule has 0 aliphatic carbocycles. The van der Waals surface area contributed by atoms with Crippen molar-refractivity contribution >= 4 is 17.8 Å². The highest BCUT2D eigenvalue weighted by Gasteiger charge is 2.14. The number of aromatic nitrogens is 1. The van der Waals surface area contributed by atoms with Gasteiger partial charge in [-0.3, -0.25) is 19.6 Å². The SMILES string of the molecule is CN=C(NCC(=O)NC(C)(C)C)NCC(=O)N(C)CCc1ccccn1. The summed E-state index contributed by atoms with van der Waals surface area (Å²) < 4.78 is 0. The summed E-state index contributed by atoms with van der Waals surface area (Å²) in [6.45, 7) is 6.50. The number of nitrogens with zero attached hydrogens (tertiary/aromatic N) is 3. The molecular formula is C18H30N6O2. The fourth-order valence-corrected chi connectivity index (χ4v) is 2.09. The van der Waals surface area contributed by atoms with Crippen LogP contribution in [0, 0.1) is 0 Å². The van der Waals surface area contributed by atoms with Crippen LogP contribution in [-0.4, -0.2) is 66.9 Å². The van der Waals surface area contributed by atoms with Crippen molar-refractivity contribution in [2.45, 2.75) is 32.7 Å². The third-order valence-corrected chi connectivity index (χ3v) is 3.42. The minimum atomic E-state index is -0.290. The molecule has 0 radical (unpaired) electrons. The first-order valence-corrected chi connectivity index (χ1v) is 8.60. The fraction of sp³-hybridized carbons (Fsp3) is 0.556. The Kier molecular flexibility index (Phi) is 8.54. The Hall–Kier alpha value is -2.64. The highest BCUT2D eigenvalue weighted by molar-refractivity contribution is 5.89. The number of likely N-dealkylation sites (N-methyl/N-ethyl adjacent to an activating group) is 1.